The van der Waals surface area contributed by atoms with E-state index in [2.05, 4.69) is 5.32 Å². The second kappa shape index (κ2) is 6.26. The molecular formula is C12H19NO5S2. The summed E-state index contributed by atoms with van der Waals surface area (Å²) in [5, 5.41) is 19.1. The van der Waals surface area contributed by atoms with Gasteiger partial charge in [-0.3, -0.25) is 9.59 Å². The van der Waals surface area contributed by atoms with Crippen molar-refractivity contribution in [3.63, 3.8) is 0 Å². The van der Waals surface area contributed by atoms with Crippen LogP contribution in [-0.2, 0) is 14.4 Å². The van der Waals surface area contributed by atoms with E-state index in [0.717, 1.165) is 0 Å². The Morgan fingerprint density at radius 2 is 1.60 bits per heavy atom. The number of nitrogens with one attached hydrogen (secondary N) is 1. The van der Waals surface area contributed by atoms with E-state index in [1.807, 2.05) is 13.8 Å². The van der Waals surface area contributed by atoms with Crippen LogP contribution in [0.2, 0.25) is 0 Å². The van der Waals surface area contributed by atoms with Crippen molar-refractivity contribution in [2.75, 3.05) is 0 Å². The van der Waals surface area contributed by atoms with Crippen LogP contribution in [0, 0.1) is 5.92 Å². The highest BCUT2D eigenvalue weighted by Crippen LogP contribution is 2.52. The van der Waals surface area contributed by atoms with Gasteiger partial charge in [-0.2, -0.15) is 0 Å². The molecule has 0 aromatic rings. The summed E-state index contributed by atoms with van der Waals surface area (Å²) in [4.78, 5) is 34.5. The van der Waals surface area contributed by atoms with E-state index >= 15 is 0 Å². The topological polar surface area (TPSA) is 104 Å². The number of aliphatic carboxylic acids is 2. The Labute approximate surface area is 126 Å². The predicted molar refractivity (Wildman–Crippen MR) is 78.9 cm³/mol. The highest BCUT2D eigenvalue weighted by atomic mass is 32.2. The van der Waals surface area contributed by atoms with E-state index < -0.39 is 34.4 Å². The zero-order valence-corrected chi connectivity index (χ0v) is 13.4. The molecule has 0 aliphatic carbocycles. The van der Waals surface area contributed by atoms with Crippen molar-refractivity contribution >= 4 is 41.4 Å². The highest BCUT2D eigenvalue weighted by molar-refractivity contribution is 8.22. The van der Waals surface area contributed by atoms with Crippen molar-refractivity contribution in [2.45, 2.75) is 48.3 Å². The lowest BCUT2D eigenvalue weighted by atomic mass is 10.0. The molecule has 8 heteroatoms. The summed E-state index contributed by atoms with van der Waals surface area (Å²) < 4.78 is -0.387. The van der Waals surface area contributed by atoms with Crippen LogP contribution in [0.15, 0.2) is 0 Å². The van der Waals surface area contributed by atoms with E-state index in [4.69, 9.17) is 5.11 Å². The molecule has 20 heavy (non-hydrogen) atoms. The second-order valence-electron chi connectivity index (χ2n) is 5.38. The molecule has 0 radical (unpaired) electrons. The molecule has 1 fully saturated rings. The molecule has 114 valence electrons. The molecule has 1 saturated heterocycles. The van der Waals surface area contributed by atoms with Crippen molar-refractivity contribution in [3.05, 3.63) is 0 Å². The van der Waals surface area contributed by atoms with Gasteiger partial charge in [0.1, 0.15) is 16.5 Å². The third-order valence-electron chi connectivity index (χ3n) is 2.83. The molecule has 2 unspecified atom stereocenters. The molecule has 1 rings (SSSR count). The summed E-state index contributed by atoms with van der Waals surface area (Å²) in [6.07, 6.45) is 0. The zero-order chi connectivity index (χ0) is 15.7. The maximum Gasteiger partial charge on any atom is 0.326 e. The minimum atomic E-state index is -1.12. The number of hydrogen-bond donors (Lipinski definition) is 3. The van der Waals surface area contributed by atoms with Crippen LogP contribution in [0.1, 0.15) is 27.7 Å². The summed E-state index contributed by atoms with van der Waals surface area (Å²) >= 11 is 2.47. The van der Waals surface area contributed by atoms with Gasteiger partial charge >= 0.3 is 11.9 Å². The van der Waals surface area contributed by atoms with E-state index in [0.29, 0.717) is 0 Å². The summed E-state index contributed by atoms with van der Waals surface area (Å²) in [5.41, 5.74) is 0. The summed E-state index contributed by atoms with van der Waals surface area (Å²) in [7, 11) is 0. The molecule has 3 atom stereocenters. The minimum absolute atomic E-state index is 0.271. The Bertz CT molecular complexity index is 424. The second-order valence-corrected chi connectivity index (χ2v) is 9.17. The van der Waals surface area contributed by atoms with E-state index in [1.54, 1.807) is 13.8 Å². The van der Waals surface area contributed by atoms with Crippen molar-refractivity contribution in [1.29, 1.82) is 0 Å². The van der Waals surface area contributed by atoms with Crippen LogP contribution in [0.3, 0.4) is 0 Å². The normalized spacial score (nSPS) is 26.2. The molecule has 0 bridgehead atoms. The van der Waals surface area contributed by atoms with Gasteiger partial charge in [0.05, 0.1) is 4.08 Å². The van der Waals surface area contributed by atoms with Crippen LogP contribution in [0.5, 0.6) is 0 Å². The SMILES string of the molecule is CC(C)[C@H](NC(=O)C1SC(C)(C)SC1C(=O)O)C(=O)O. The standard InChI is InChI=1S/C12H19NO5S2/c1-5(2)6(10(15)16)13-9(14)7-8(11(17)18)20-12(3,4)19-7/h5-8H,1-4H3,(H,13,14)(H,15,16)(H,17,18)/t6-,7?,8?/m0/s1. The van der Waals surface area contributed by atoms with Crippen molar-refractivity contribution in [3.8, 4) is 0 Å². The Balaban J connectivity index is 2.85. The van der Waals surface area contributed by atoms with Gasteiger partial charge in [-0.25, -0.2) is 4.79 Å². The monoisotopic (exact) mass is 321 g/mol. The lowest BCUT2D eigenvalue weighted by molar-refractivity contribution is -0.143. The number of carbonyl (C=O) groups excluding carboxylic acids is 1. The minimum Gasteiger partial charge on any atom is -0.480 e. The molecule has 0 saturated carbocycles. The zero-order valence-electron chi connectivity index (χ0n) is 11.7. The van der Waals surface area contributed by atoms with Crippen LogP contribution in [0.4, 0.5) is 0 Å². The molecule has 3 N–H and O–H groups in total. The third-order valence-corrected chi connectivity index (χ3v) is 6.18. The molecule has 6 nitrogen and oxygen atoms in total. The van der Waals surface area contributed by atoms with Gasteiger partial charge in [-0.05, 0) is 19.8 Å². The number of carboxylic acids is 2. The van der Waals surface area contributed by atoms with Gasteiger partial charge < -0.3 is 15.5 Å². The first-order valence-corrected chi connectivity index (χ1v) is 7.92. The number of hydrogen-bond acceptors (Lipinski definition) is 5. The maximum absolute atomic E-state index is 12.2. The average molecular weight is 321 g/mol. The highest BCUT2D eigenvalue weighted by Gasteiger charge is 2.48. The number of carboxylic acid groups (broad SMARTS) is 2. The molecule has 1 aliphatic heterocycles. The molecular weight excluding hydrogens is 302 g/mol. The van der Waals surface area contributed by atoms with Crippen LogP contribution < -0.4 is 5.32 Å². The Morgan fingerprint density at radius 3 is 2.00 bits per heavy atom. The fourth-order valence-corrected chi connectivity index (χ4v) is 5.05. The molecule has 0 aromatic heterocycles. The predicted octanol–water partition coefficient (Wildman–Crippen LogP) is 1.25. The largest absolute Gasteiger partial charge is 0.480 e. The number of carbonyl (C=O) groups is 3. The maximum atomic E-state index is 12.2. The summed E-state index contributed by atoms with van der Waals surface area (Å²) in [6.45, 7) is 7.08. The van der Waals surface area contributed by atoms with Gasteiger partial charge in [0.15, 0.2) is 0 Å². The lowest BCUT2D eigenvalue weighted by Crippen LogP contribution is -2.49. The van der Waals surface area contributed by atoms with Crippen LogP contribution in [-0.4, -0.2) is 48.7 Å². The van der Waals surface area contributed by atoms with Gasteiger partial charge in [-0.1, -0.05) is 13.8 Å². The van der Waals surface area contributed by atoms with Crippen LogP contribution >= 0.6 is 23.5 Å². The van der Waals surface area contributed by atoms with Crippen molar-refractivity contribution < 1.29 is 24.6 Å². The van der Waals surface area contributed by atoms with E-state index in [1.165, 1.54) is 23.5 Å². The fourth-order valence-electron chi connectivity index (χ4n) is 1.88. The first-order chi connectivity index (χ1) is 9.05. The number of amides is 1. The third kappa shape index (κ3) is 4.05. The first-order valence-electron chi connectivity index (χ1n) is 6.17. The summed E-state index contributed by atoms with van der Waals surface area (Å²) in [5.74, 6) is -2.96. The van der Waals surface area contributed by atoms with Gasteiger partial charge in [0.2, 0.25) is 5.91 Å². The van der Waals surface area contributed by atoms with Crippen molar-refractivity contribution in [1.82, 2.24) is 5.32 Å². The molecule has 1 heterocycles. The Kier molecular flexibility index (Phi) is 5.37. The fraction of sp³-hybridized carbons (Fsp3) is 0.750. The quantitative estimate of drug-likeness (QED) is 0.700. The van der Waals surface area contributed by atoms with Gasteiger partial charge in [0, 0.05) is 0 Å². The number of rotatable bonds is 5. The molecule has 1 aliphatic rings. The van der Waals surface area contributed by atoms with Crippen LogP contribution in [0.25, 0.3) is 0 Å². The van der Waals surface area contributed by atoms with Gasteiger partial charge in [-0.15, -0.1) is 23.5 Å². The van der Waals surface area contributed by atoms with Gasteiger partial charge in [0.25, 0.3) is 0 Å². The number of thioether (sulfide) groups is 2. The van der Waals surface area contributed by atoms with Crippen molar-refractivity contribution in [2.24, 2.45) is 5.92 Å². The summed E-state index contributed by atoms with van der Waals surface area (Å²) in [6, 6.07) is -1.01. The lowest BCUT2D eigenvalue weighted by Gasteiger charge is -2.21. The molecule has 0 aromatic carbocycles. The molecule has 0 spiro atoms. The Morgan fingerprint density at radius 1 is 1.10 bits per heavy atom. The smallest absolute Gasteiger partial charge is 0.326 e. The van der Waals surface area contributed by atoms with E-state index in [-0.39, 0.29) is 10.00 Å². The Hall–Kier alpha value is -0.890. The first kappa shape index (κ1) is 17.2. The van der Waals surface area contributed by atoms with E-state index in [9.17, 15) is 19.5 Å². The molecule has 1 amide bonds. The average Bonchev–Trinajstić information content (AvgIpc) is 2.61.